The molecule has 2 aromatic carbocycles. The van der Waals surface area contributed by atoms with E-state index >= 15 is 0 Å². The maximum absolute atomic E-state index is 3.55. The van der Waals surface area contributed by atoms with E-state index in [1.54, 1.807) is 0 Å². The van der Waals surface area contributed by atoms with Crippen LogP contribution < -0.4 is 5.32 Å². The number of benzene rings is 2. The first-order valence-electron chi connectivity index (χ1n) is 7.15. The second-order valence-corrected chi connectivity index (χ2v) is 5.76. The molecule has 2 aromatic rings. The standard InChI is InChI=1S/C18H21N/c1-13(2)14-7-9-15(10-8-14)17-11-16-5-3-4-6-18(16)19-12-17/h3-10,13,17,19H,11-12H2,1-2H3. The fourth-order valence-electron chi connectivity index (χ4n) is 2.83. The van der Waals surface area contributed by atoms with Crippen molar-refractivity contribution in [3.8, 4) is 0 Å². The van der Waals surface area contributed by atoms with Crippen LogP contribution in [0.1, 0.15) is 42.4 Å². The number of hydrogen-bond acceptors (Lipinski definition) is 1. The van der Waals surface area contributed by atoms with Crippen molar-refractivity contribution >= 4 is 5.69 Å². The maximum Gasteiger partial charge on any atom is 0.0373 e. The van der Waals surface area contributed by atoms with Gasteiger partial charge in [0.05, 0.1) is 0 Å². The van der Waals surface area contributed by atoms with E-state index in [9.17, 15) is 0 Å². The van der Waals surface area contributed by atoms with Gasteiger partial charge in [0.15, 0.2) is 0 Å². The average Bonchev–Trinajstić information content (AvgIpc) is 2.47. The normalized spacial score (nSPS) is 17.9. The molecule has 0 aromatic heterocycles. The van der Waals surface area contributed by atoms with Gasteiger partial charge in [-0.1, -0.05) is 56.3 Å². The summed E-state index contributed by atoms with van der Waals surface area (Å²) in [6.07, 6.45) is 1.14. The lowest BCUT2D eigenvalue weighted by Crippen LogP contribution is -2.21. The van der Waals surface area contributed by atoms with E-state index in [0.717, 1.165) is 13.0 Å². The number of para-hydroxylation sites is 1. The topological polar surface area (TPSA) is 12.0 Å². The third-order valence-corrected chi connectivity index (χ3v) is 4.10. The Morgan fingerprint density at radius 3 is 2.47 bits per heavy atom. The van der Waals surface area contributed by atoms with Gasteiger partial charge in [-0.15, -0.1) is 0 Å². The van der Waals surface area contributed by atoms with Gasteiger partial charge < -0.3 is 5.32 Å². The molecule has 1 heteroatoms. The van der Waals surface area contributed by atoms with Gasteiger partial charge in [0, 0.05) is 18.2 Å². The van der Waals surface area contributed by atoms with Crippen molar-refractivity contribution in [2.45, 2.75) is 32.1 Å². The first kappa shape index (κ1) is 12.3. The molecule has 0 saturated heterocycles. The fourth-order valence-corrected chi connectivity index (χ4v) is 2.83. The summed E-state index contributed by atoms with van der Waals surface area (Å²) in [7, 11) is 0. The zero-order valence-electron chi connectivity index (χ0n) is 11.7. The molecular weight excluding hydrogens is 230 g/mol. The van der Waals surface area contributed by atoms with Crippen LogP contribution >= 0.6 is 0 Å². The van der Waals surface area contributed by atoms with Crippen LogP contribution in [0.25, 0.3) is 0 Å². The molecule has 0 radical (unpaired) electrons. The largest absolute Gasteiger partial charge is 0.384 e. The van der Waals surface area contributed by atoms with Crippen molar-refractivity contribution < 1.29 is 0 Å². The molecule has 0 aliphatic carbocycles. The number of rotatable bonds is 2. The van der Waals surface area contributed by atoms with Crippen molar-refractivity contribution in [1.29, 1.82) is 0 Å². The lowest BCUT2D eigenvalue weighted by Gasteiger charge is -2.26. The predicted molar refractivity (Wildman–Crippen MR) is 81.9 cm³/mol. The molecular formula is C18H21N. The van der Waals surface area contributed by atoms with Crippen LogP contribution in [-0.4, -0.2) is 6.54 Å². The fraction of sp³-hybridized carbons (Fsp3) is 0.333. The second kappa shape index (κ2) is 5.08. The maximum atomic E-state index is 3.55. The third-order valence-electron chi connectivity index (χ3n) is 4.10. The van der Waals surface area contributed by atoms with E-state index in [2.05, 4.69) is 67.7 Å². The van der Waals surface area contributed by atoms with E-state index in [-0.39, 0.29) is 0 Å². The van der Waals surface area contributed by atoms with Crippen LogP contribution in [0, 0.1) is 0 Å². The molecule has 3 rings (SSSR count). The minimum atomic E-state index is 0.594. The van der Waals surface area contributed by atoms with Crippen LogP contribution in [0.2, 0.25) is 0 Å². The Hall–Kier alpha value is -1.76. The monoisotopic (exact) mass is 251 g/mol. The molecule has 0 saturated carbocycles. The summed E-state index contributed by atoms with van der Waals surface area (Å²) in [6, 6.07) is 17.8. The first-order chi connectivity index (χ1) is 9.24. The lowest BCUT2D eigenvalue weighted by molar-refractivity contribution is 0.694. The molecule has 1 atom stereocenters. The second-order valence-electron chi connectivity index (χ2n) is 5.76. The van der Waals surface area contributed by atoms with Crippen LogP contribution in [0.5, 0.6) is 0 Å². The molecule has 1 aliphatic heterocycles. The summed E-state index contributed by atoms with van der Waals surface area (Å²) in [5, 5.41) is 3.55. The van der Waals surface area contributed by atoms with Crippen LogP contribution in [0.4, 0.5) is 5.69 Å². The van der Waals surface area contributed by atoms with Crippen molar-refractivity contribution in [3.63, 3.8) is 0 Å². The Morgan fingerprint density at radius 2 is 1.74 bits per heavy atom. The van der Waals surface area contributed by atoms with Crippen molar-refractivity contribution in [2.24, 2.45) is 0 Å². The quantitative estimate of drug-likeness (QED) is 0.825. The molecule has 1 heterocycles. The predicted octanol–water partition coefficient (Wildman–Crippen LogP) is 4.56. The minimum absolute atomic E-state index is 0.594. The number of hydrogen-bond donors (Lipinski definition) is 1. The van der Waals surface area contributed by atoms with Gasteiger partial charge in [0.25, 0.3) is 0 Å². The van der Waals surface area contributed by atoms with Crippen LogP contribution in [-0.2, 0) is 6.42 Å². The van der Waals surface area contributed by atoms with Crippen molar-refractivity contribution in [2.75, 3.05) is 11.9 Å². The Bertz CT molecular complexity index is 554. The molecule has 1 N–H and O–H groups in total. The Balaban J connectivity index is 1.81. The van der Waals surface area contributed by atoms with E-state index in [4.69, 9.17) is 0 Å². The van der Waals surface area contributed by atoms with Gasteiger partial charge in [0.2, 0.25) is 0 Å². The van der Waals surface area contributed by atoms with Gasteiger partial charge in [-0.25, -0.2) is 0 Å². The molecule has 98 valence electrons. The molecule has 0 amide bonds. The average molecular weight is 251 g/mol. The van der Waals surface area contributed by atoms with E-state index < -0.39 is 0 Å². The van der Waals surface area contributed by atoms with Crippen LogP contribution in [0.15, 0.2) is 48.5 Å². The third kappa shape index (κ3) is 2.51. The van der Waals surface area contributed by atoms with E-state index in [1.807, 2.05) is 0 Å². The SMILES string of the molecule is CC(C)c1ccc(C2CNc3ccccc3C2)cc1. The van der Waals surface area contributed by atoms with Gasteiger partial charge in [-0.05, 0) is 35.1 Å². The Kier molecular flexibility index (Phi) is 3.29. The van der Waals surface area contributed by atoms with Gasteiger partial charge in [-0.3, -0.25) is 0 Å². The summed E-state index contributed by atoms with van der Waals surface area (Å²) in [5.74, 6) is 1.20. The van der Waals surface area contributed by atoms with Gasteiger partial charge >= 0.3 is 0 Å². The van der Waals surface area contributed by atoms with Gasteiger partial charge in [-0.2, -0.15) is 0 Å². The Morgan fingerprint density at radius 1 is 1.00 bits per heavy atom. The zero-order valence-corrected chi connectivity index (χ0v) is 11.7. The van der Waals surface area contributed by atoms with Crippen molar-refractivity contribution in [3.05, 3.63) is 65.2 Å². The highest BCUT2D eigenvalue weighted by molar-refractivity contribution is 5.54. The van der Waals surface area contributed by atoms with E-state index in [0.29, 0.717) is 11.8 Å². The van der Waals surface area contributed by atoms with Crippen LogP contribution in [0.3, 0.4) is 0 Å². The molecule has 0 spiro atoms. The molecule has 0 fully saturated rings. The smallest absolute Gasteiger partial charge is 0.0373 e. The summed E-state index contributed by atoms with van der Waals surface area (Å²) in [5.41, 5.74) is 5.61. The summed E-state index contributed by atoms with van der Waals surface area (Å²) in [4.78, 5) is 0. The minimum Gasteiger partial charge on any atom is -0.384 e. The van der Waals surface area contributed by atoms with E-state index in [1.165, 1.54) is 22.4 Å². The number of fused-ring (bicyclic) bond motifs is 1. The van der Waals surface area contributed by atoms with Gasteiger partial charge in [0.1, 0.15) is 0 Å². The highest BCUT2D eigenvalue weighted by atomic mass is 14.9. The molecule has 1 aliphatic rings. The summed E-state index contributed by atoms with van der Waals surface area (Å²) >= 11 is 0. The molecule has 19 heavy (non-hydrogen) atoms. The summed E-state index contributed by atoms with van der Waals surface area (Å²) < 4.78 is 0. The zero-order chi connectivity index (χ0) is 13.2. The highest BCUT2D eigenvalue weighted by Crippen LogP contribution is 2.30. The van der Waals surface area contributed by atoms with Crippen molar-refractivity contribution in [1.82, 2.24) is 0 Å². The lowest BCUT2D eigenvalue weighted by atomic mass is 9.87. The Labute approximate surface area is 115 Å². The number of anilines is 1. The molecule has 0 bridgehead atoms. The molecule has 1 unspecified atom stereocenters. The summed E-state index contributed by atoms with van der Waals surface area (Å²) in [6.45, 7) is 5.53. The first-order valence-corrected chi connectivity index (χ1v) is 7.15. The number of nitrogens with one attached hydrogen (secondary N) is 1. The highest BCUT2D eigenvalue weighted by Gasteiger charge is 2.19. The molecule has 1 nitrogen and oxygen atoms in total.